The molecule has 10 heavy (non-hydrogen) atoms. The highest BCUT2D eigenvalue weighted by molar-refractivity contribution is 6.16. The smallest absolute Gasteiger partial charge is 0.0647 e. The first-order valence-electron chi connectivity index (χ1n) is 3.22. The number of aromatic nitrogens is 1. The fraction of sp³-hybridized carbons (Fsp3) is 0.375. The summed E-state index contributed by atoms with van der Waals surface area (Å²) in [4.78, 5) is 4.13. The van der Waals surface area contributed by atoms with Gasteiger partial charge >= 0.3 is 0 Å². The summed E-state index contributed by atoms with van der Waals surface area (Å²) in [5.74, 6) is 0.501. The number of hydrogen-bond acceptors (Lipinski definition) is 1. The fourth-order valence-corrected chi connectivity index (χ4v) is 0.902. The summed E-state index contributed by atoms with van der Waals surface area (Å²) in [5, 5.41) is 0. The van der Waals surface area contributed by atoms with Crippen LogP contribution in [0.25, 0.3) is 0 Å². The van der Waals surface area contributed by atoms with Gasteiger partial charge in [0.05, 0.1) is 11.6 Å². The molecule has 54 valence electrons. The molecule has 1 aromatic heterocycles. The minimum absolute atomic E-state index is 0.501. The van der Waals surface area contributed by atoms with Gasteiger partial charge in [-0.2, -0.15) is 0 Å². The molecule has 0 aromatic carbocycles. The lowest BCUT2D eigenvalue weighted by molar-refractivity contribution is 1.12. The third kappa shape index (κ3) is 1.48. The second-order valence-corrected chi connectivity index (χ2v) is 2.66. The molecule has 0 aliphatic heterocycles. The molecule has 1 nitrogen and oxygen atoms in total. The lowest BCUT2D eigenvalue weighted by Crippen LogP contribution is -1.88. The van der Waals surface area contributed by atoms with E-state index in [9.17, 15) is 0 Å². The normalized spacial score (nSPS) is 9.90. The molecule has 1 aromatic rings. The van der Waals surface area contributed by atoms with Crippen molar-refractivity contribution in [3.8, 4) is 0 Å². The van der Waals surface area contributed by atoms with Crippen molar-refractivity contribution >= 4 is 11.6 Å². The van der Waals surface area contributed by atoms with Crippen LogP contribution in [0.3, 0.4) is 0 Å². The fourth-order valence-electron chi connectivity index (χ4n) is 0.756. The van der Waals surface area contributed by atoms with Crippen LogP contribution in [0.15, 0.2) is 12.3 Å². The standard InChI is InChI=1S/C8H10ClN/c1-6-3-8(4-9)10-5-7(6)2/h3,5H,4H2,1-2H3. The molecule has 0 N–H and O–H groups in total. The summed E-state index contributed by atoms with van der Waals surface area (Å²) in [6, 6.07) is 2.02. The zero-order valence-corrected chi connectivity index (χ0v) is 6.94. The summed E-state index contributed by atoms with van der Waals surface area (Å²) in [6.07, 6.45) is 1.85. The number of hydrogen-bond donors (Lipinski definition) is 0. The second kappa shape index (κ2) is 3.02. The van der Waals surface area contributed by atoms with Gasteiger partial charge in [-0.1, -0.05) is 0 Å². The van der Waals surface area contributed by atoms with E-state index in [4.69, 9.17) is 11.6 Å². The Balaban J connectivity index is 3.04. The Bertz CT molecular complexity index is 233. The van der Waals surface area contributed by atoms with Crippen LogP contribution in [-0.2, 0) is 5.88 Å². The van der Waals surface area contributed by atoms with Crippen LogP contribution in [0.5, 0.6) is 0 Å². The molecule has 1 rings (SSSR count). The first-order valence-corrected chi connectivity index (χ1v) is 3.75. The second-order valence-electron chi connectivity index (χ2n) is 2.39. The van der Waals surface area contributed by atoms with Crippen LogP contribution in [-0.4, -0.2) is 4.98 Å². The maximum absolute atomic E-state index is 5.59. The number of halogens is 1. The molecule has 0 bridgehead atoms. The van der Waals surface area contributed by atoms with E-state index >= 15 is 0 Å². The van der Waals surface area contributed by atoms with Crippen molar-refractivity contribution in [3.05, 3.63) is 29.1 Å². The summed E-state index contributed by atoms with van der Waals surface area (Å²) in [7, 11) is 0. The van der Waals surface area contributed by atoms with Crippen molar-refractivity contribution in [2.24, 2.45) is 0 Å². The maximum Gasteiger partial charge on any atom is 0.0647 e. The van der Waals surface area contributed by atoms with Gasteiger partial charge in [0.2, 0.25) is 0 Å². The highest BCUT2D eigenvalue weighted by Crippen LogP contribution is 2.07. The average Bonchev–Trinajstić information content (AvgIpc) is 1.95. The van der Waals surface area contributed by atoms with Crippen LogP contribution in [0.2, 0.25) is 0 Å². The predicted octanol–water partition coefficient (Wildman–Crippen LogP) is 2.44. The number of rotatable bonds is 1. The molecule has 0 radical (unpaired) electrons. The average molecular weight is 156 g/mol. The molecule has 0 unspecified atom stereocenters. The van der Waals surface area contributed by atoms with Crippen LogP contribution < -0.4 is 0 Å². The van der Waals surface area contributed by atoms with Gasteiger partial charge in [-0.3, -0.25) is 4.98 Å². The quantitative estimate of drug-likeness (QED) is 0.568. The Hall–Kier alpha value is -0.560. The first kappa shape index (κ1) is 7.55. The van der Waals surface area contributed by atoms with Gasteiger partial charge < -0.3 is 0 Å². The summed E-state index contributed by atoms with van der Waals surface area (Å²) >= 11 is 5.59. The summed E-state index contributed by atoms with van der Waals surface area (Å²) in [6.45, 7) is 4.10. The molecule has 0 fully saturated rings. The number of nitrogens with zero attached hydrogens (tertiary/aromatic N) is 1. The van der Waals surface area contributed by atoms with Gasteiger partial charge in [0.1, 0.15) is 0 Å². The zero-order valence-electron chi connectivity index (χ0n) is 6.19. The Morgan fingerprint density at radius 2 is 2.10 bits per heavy atom. The molecule has 0 atom stereocenters. The number of pyridine rings is 1. The lowest BCUT2D eigenvalue weighted by Gasteiger charge is -1.99. The van der Waals surface area contributed by atoms with E-state index in [0.717, 1.165) is 5.69 Å². The Kier molecular flexibility index (Phi) is 2.28. The molecule has 1 heterocycles. The van der Waals surface area contributed by atoms with Crippen molar-refractivity contribution in [1.29, 1.82) is 0 Å². The van der Waals surface area contributed by atoms with Gasteiger partial charge in [0, 0.05) is 6.20 Å². The molecular formula is C8H10ClN. The minimum atomic E-state index is 0.501. The van der Waals surface area contributed by atoms with E-state index in [1.807, 2.05) is 19.2 Å². The maximum atomic E-state index is 5.59. The van der Waals surface area contributed by atoms with Crippen molar-refractivity contribution in [2.75, 3.05) is 0 Å². The third-order valence-corrected chi connectivity index (χ3v) is 1.84. The SMILES string of the molecule is Cc1cnc(CCl)cc1C. The van der Waals surface area contributed by atoms with E-state index in [-0.39, 0.29) is 0 Å². The van der Waals surface area contributed by atoms with Gasteiger partial charge in [-0.05, 0) is 31.0 Å². The number of alkyl halides is 1. The van der Waals surface area contributed by atoms with Gasteiger partial charge in [0.25, 0.3) is 0 Å². The minimum Gasteiger partial charge on any atom is -0.260 e. The lowest BCUT2D eigenvalue weighted by atomic mass is 10.2. The van der Waals surface area contributed by atoms with Crippen LogP contribution in [0.1, 0.15) is 16.8 Å². The summed E-state index contributed by atoms with van der Waals surface area (Å²) < 4.78 is 0. The Morgan fingerprint density at radius 3 is 2.60 bits per heavy atom. The molecule has 2 heteroatoms. The van der Waals surface area contributed by atoms with Crippen LogP contribution in [0.4, 0.5) is 0 Å². The molecule has 0 spiro atoms. The molecule has 0 amide bonds. The van der Waals surface area contributed by atoms with Crippen molar-refractivity contribution in [3.63, 3.8) is 0 Å². The van der Waals surface area contributed by atoms with Crippen molar-refractivity contribution < 1.29 is 0 Å². The van der Waals surface area contributed by atoms with E-state index < -0.39 is 0 Å². The molecular weight excluding hydrogens is 146 g/mol. The van der Waals surface area contributed by atoms with Gasteiger partial charge in [0.15, 0.2) is 0 Å². The van der Waals surface area contributed by atoms with Crippen molar-refractivity contribution in [2.45, 2.75) is 19.7 Å². The van der Waals surface area contributed by atoms with E-state index in [0.29, 0.717) is 5.88 Å². The van der Waals surface area contributed by atoms with Crippen LogP contribution >= 0.6 is 11.6 Å². The van der Waals surface area contributed by atoms with Crippen molar-refractivity contribution in [1.82, 2.24) is 4.98 Å². The largest absolute Gasteiger partial charge is 0.260 e. The molecule has 0 aliphatic carbocycles. The Morgan fingerprint density at radius 1 is 1.40 bits per heavy atom. The molecule has 0 aliphatic rings. The first-order chi connectivity index (χ1) is 4.74. The molecule has 0 saturated carbocycles. The van der Waals surface area contributed by atoms with E-state index in [1.54, 1.807) is 0 Å². The number of aryl methyl sites for hydroxylation is 2. The molecule has 0 saturated heterocycles. The van der Waals surface area contributed by atoms with Gasteiger partial charge in [-0.15, -0.1) is 11.6 Å². The highest BCUT2D eigenvalue weighted by Gasteiger charge is 1.94. The van der Waals surface area contributed by atoms with E-state index in [1.165, 1.54) is 11.1 Å². The topological polar surface area (TPSA) is 12.9 Å². The predicted molar refractivity (Wildman–Crippen MR) is 43.3 cm³/mol. The highest BCUT2D eigenvalue weighted by atomic mass is 35.5. The summed E-state index contributed by atoms with van der Waals surface area (Å²) in [5.41, 5.74) is 3.42. The van der Waals surface area contributed by atoms with E-state index in [2.05, 4.69) is 11.9 Å². The van der Waals surface area contributed by atoms with Gasteiger partial charge in [-0.25, -0.2) is 0 Å². The third-order valence-electron chi connectivity index (χ3n) is 1.57. The zero-order chi connectivity index (χ0) is 7.56. The van der Waals surface area contributed by atoms with Crippen LogP contribution in [0, 0.1) is 13.8 Å². The monoisotopic (exact) mass is 155 g/mol. The Labute approximate surface area is 66.0 Å².